The minimum atomic E-state index is -0.367. The molecule has 0 saturated heterocycles. The number of aryl methyl sites for hydroxylation is 1. The summed E-state index contributed by atoms with van der Waals surface area (Å²) >= 11 is 1.33. The van der Waals surface area contributed by atoms with E-state index >= 15 is 0 Å². The van der Waals surface area contributed by atoms with Crippen LogP contribution in [0.1, 0.15) is 6.42 Å². The van der Waals surface area contributed by atoms with E-state index in [1.54, 1.807) is 37.4 Å². The minimum absolute atomic E-state index is 0.0151. The molecule has 8 nitrogen and oxygen atoms in total. The van der Waals surface area contributed by atoms with Crippen LogP contribution < -0.4 is 21.2 Å². The number of methoxy groups -OCH3 is 1. The fraction of sp³-hybridized carbons (Fsp3) is 0.158. The summed E-state index contributed by atoms with van der Waals surface area (Å²) in [6.07, 6.45) is 0.0151. The van der Waals surface area contributed by atoms with Gasteiger partial charge in [0.1, 0.15) is 11.3 Å². The standard InChI is InChI=1S/C19H16N4O4S/c1-27-13-7-4-8-14-16(13)21-19(28-14)20-15(24)9-10-23-18(26)12-6-3-2-5-11(12)17(25)22-23/h2-8H,9-10H2,1H3,(H,22,25)(H,20,21,24). The first-order valence-electron chi connectivity index (χ1n) is 8.52. The van der Waals surface area contributed by atoms with E-state index < -0.39 is 0 Å². The molecule has 1 amide bonds. The molecule has 0 radical (unpaired) electrons. The maximum absolute atomic E-state index is 12.5. The molecule has 2 heterocycles. The number of thiazole rings is 1. The van der Waals surface area contributed by atoms with Crippen molar-refractivity contribution in [3.05, 3.63) is 63.2 Å². The molecule has 4 aromatic rings. The highest BCUT2D eigenvalue weighted by atomic mass is 32.1. The summed E-state index contributed by atoms with van der Waals surface area (Å²) in [5.74, 6) is 0.327. The fourth-order valence-corrected chi connectivity index (χ4v) is 3.84. The summed E-state index contributed by atoms with van der Waals surface area (Å²) < 4.78 is 7.32. The number of fused-ring (bicyclic) bond motifs is 2. The van der Waals surface area contributed by atoms with Gasteiger partial charge in [0, 0.05) is 6.42 Å². The number of aromatic amines is 1. The molecular formula is C19H16N4O4S. The van der Waals surface area contributed by atoms with Crippen molar-refractivity contribution in [2.45, 2.75) is 13.0 Å². The van der Waals surface area contributed by atoms with Crippen LogP contribution in [0.3, 0.4) is 0 Å². The zero-order chi connectivity index (χ0) is 19.7. The van der Waals surface area contributed by atoms with Gasteiger partial charge in [0.05, 0.1) is 29.1 Å². The molecule has 0 spiro atoms. The van der Waals surface area contributed by atoms with E-state index in [1.165, 1.54) is 11.3 Å². The smallest absolute Gasteiger partial charge is 0.273 e. The topological polar surface area (TPSA) is 106 Å². The normalized spacial score (nSPS) is 11.0. The van der Waals surface area contributed by atoms with Gasteiger partial charge in [0.2, 0.25) is 5.91 Å². The summed E-state index contributed by atoms with van der Waals surface area (Å²) in [6, 6.07) is 12.1. The van der Waals surface area contributed by atoms with Gasteiger partial charge in [-0.15, -0.1) is 0 Å². The van der Waals surface area contributed by atoms with Gasteiger partial charge < -0.3 is 10.1 Å². The van der Waals surface area contributed by atoms with Crippen molar-refractivity contribution < 1.29 is 9.53 Å². The van der Waals surface area contributed by atoms with Crippen molar-refractivity contribution in [3.63, 3.8) is 0 Å². The van der Waals surface area contributed by atoms with Crippen molar-refractivity contribution in [3.8, 4) is 5.75 Å². The van der Waals surface area contributed by atoms with E-state index in [-0.39, 0.29) is 30.0 Å². The predicted molar refractivity (Wildman–Crippen MR) is 108 cm³/mol. The lowest BCUT2D eigenvalue weighted by molar-refractivity contribution is -0.116. The highest BCUT2D eigenvalue weighted by Crippen LogP contribution is 2.32. The van der Waals surface area contributed by atoms with E-state index in [1.807, 2.05) is 12.1 Å². The highest BCUT2D eigenvalue weighted by molar-refractivity contribution is 7.22. The number of H-pyrrole nitrogens is 1. The van der Waals surface area contributed by atoms with Crippen LogP contribution in [-0.4, -0.2) is 27.8 Å². The zero-order valence-corrected chi connectivity index (χ0v) is 15.7. The summed E-state index contributed by atoms with van der Waals surface area (Å²) in [5, 5.41) is 6.35. The third kappa shape index (κ3) is 3.27. The third-order valence-corrected chi connectivity index (χ3v) is 5.23. The van der Waals surface area contributed by atoms with Gasteiger partial charge in [-0.25, -0.2) is 9.67 Å². The zero-order valence-electron chi connectivity index (χ0n) is 14.9. The molecule has 2 N–H and O–H groups in total. The number of anilines is 1. The first kappa shape index (κ1) is 17.9. The Morgan fingerprint density at radius 2 is 1.96 bits per heavy atom. The SMILES string of the molecule is COc1cccc2sc(NC(=O)CCn3[nH]c(=O)c4ccccc4c3=O)nc12. The summed E-state index contributed by atoms with van der Waals surface area (Å²) in [4.78, 5) is 41.3. The molecule has 4 rings (SSSR count). The molecule has 142 valence electrons. The number of ether oxygens (including phenoxy) is 1. The van der Waals surface area contributed by atoms with Gasteiger partial charge in [-0.1, -0.05) is 29.5 Å². The molecular weight excluding hydrogens is 380 g/mol. The Balaban J connectivity index is 1.51. The number of carbonyl (C=O) groups is 1. The molecule has 0 aliphatic carbocycles. The number of benzene rings is 2. The number of amides is 1. The molecule has 0 fully saturated rings. The maximum atomic E-state index is 12.5. The molecule has 2 aromatic heterocycles. The molecule has 0 unspecified atom stereocenters. The van der Waals surface area contributed by atoms with Crippen LogP contribution in [0.4, 0.5) is 5.13 Å². The quantitative estimate of drug-likeness (QED) is 0.539. The Hall–Kier alpha value is -3.46. The third-order valence-electron chi connectivity index (χ3n) is 4.29. The number of nitrogens with one attached hydrogen (secondary N) is 2. The van der Waals surface area contributed by atoms with Crippen molar-refractivity contribution >= 4 is 43.4 Å². The second kappa shape index (κ2) is 7.28. The lowest BCUT2D eigenvalue weighted by atomic mass is 10.2. The predicted octanol–water partition coefficient (Wildman–Crippen LogP) is 2.34. The van der Waals surface area contributed by atoms with Crippen LogP contribution in [0.15, 0.2) is 52.1 Å². The average molecular weight is 396 g/mol. The van der Waals surface area contributed by atoms with Gasteiger partial charge in [0.25, 0.3) is 11.1 Å². The van der Waals surface area contributed by atoms with E-state index in [4.69, 9.17) is 4.74 Å². The number of rotatable bonds is 5. The van der Waals surface area contributed by atoms with Gasteiger partial charge in [-0.05, 0) is 24.3 Å². The molecule has 0 bridgehead atoms. The van der Waals surface area contributed by atoms with Crippen molar-refractivity contribution in [1.82, 2.24) is 14.8 Å². The Morgan fingerprint density at radius 3 is 2.75 bits per heavy atom. The number of carbonyl (C=O) groups excluding carboxylic acids is 1. The second-order valence-electron chi connectivity index (χ2n) is 6.07. The Labute approximate surface area is 162 Å². The number of para-hydroxylation sites is 1. The minimum Gasteiger partial charge on any atom is -0.494 e. The number of hydrogen-bond acceptors (Lipinski definition) is 6. The molecule has 28 heavy (non-hydrogen) atoms. The monoisotopic (exact) mass is 396 g/mol. The average Bonchev–Trinajstić information content (AvgIpc) is 3.12. The van der Waals surface area contributed by atoms with Gasteiger partial charge in [-0.3, -0.25) is 19.5 Å². The molecule has 0 atom stereocenters. The fourth-order valence-electron chi connectivity index (χ4n) is 2.94. The number of hydrogen-bond donors (Lipinski definition) is 2. The second-order valence-corrected chi connectivity index (χ2v) is 7.10. The van der Waals surface area contributed by atoms with Crippen LogP contribution in [0, 0.1) is 0 Å². The lowest BCUT2D eigenvalue weighted by Crippen LogP contribution is -2.31. The van der Waals surface area contributed by atoms with E-state index in [0.717, 1.165) is 9.38 Å². The molecule has 0 saturated carbocycles. The molecule has 9 heteroatoms. The van der Waals surface area contributed by atoms with Crippen LogP contribution in [0.25, 0.3) is 21.0 Å². The van der Waals surface area contributed by atoms with Gasteiger partial charge >= 0.3 is 0 Å². The summed E-state index contributed by atoms with van der Waals surface area (Å²) in [7, 11) is 1.56. The van der Waals surface area contributed by atoms with Crippen molar-refractivity contribution in [2.75, 3.05) is 12.4 Å². The van der Waals surface area contributed by atoms with Crippen LogP contribution in [-0.2, 0) is 11.3 Å². The molecule has 0 aliphatic heterocycles. The molecule has 2 aromatic carbocycles. The van der Waals surface area contributed by atoms with Crippen LogP contribution in [0.5, 0.6) is 5.75 Å². The van der Waals surface area contributed by atoms with Crippen molar-refractivity contribution in [2.24, 2.45) is 0 Å². The Morgan fingerprint density at radius 1 is 1.18 bits per heavy atom. The van der Waals surface area contributed by atoms with Crippen molar-refractivity contribution in [1.29, 1.82) is 0 Å². The maximum Gasteiger partial charge on any atom is 0.273 e. The Kier molecular flexibility index (Phi) is 4.66. The van der Waals surface area contributed by atoms with E-state index in [2.05, 4.69) is 15.4 Å². The summed E-state index contributed by atoms with van der Waals surface area (Å²) in [6.45, 7) is 0.0545. The van der Waals surface area contributed by atoms with Crippen LogP contribution in [0.2, 0.25) is 0 Å². The van der Waals surface area contributed by atoms with E-state index in [9.17, 15) is 14.4 Å². The first-order valence-corrected chi connectivity index (χ1v) is 9.34. The van der Waals surface area contributed by atoms with Gasteiger partial charge in [-0.2, -0.15) is 0 Å². The highest BCUT2D eigenvalue weighted by Gasteiger charge is 2.12. The number of aromatic nitrogens is 3. The largest absolute Gasteiger partial charge is 0.494 e. The first-order chi connectivity index (χ1) is 13.6. The molecule has 0 aliphatic rings. The summed E-state index contributed by atoms with van der Waals surface area (Å²) in [5.41, 5.74) is -0.0259. The lowest BCUT2D eigenvalue weighted by Gasteiger charge is -2.07. The van der Waals surface area contributed by atoms with E-state index in [0.29, 0.717) is 27.2 Å². The number of nitrogens with zero attached hydrogens (tertiary/aromatic N) is 2. The van der Waals surface area contributed by atoms with Gasteiger partial charge in [0.15, 0.2) is 5.13 Å². The van der Waals surface area contributed by atoms with Crippen LogP contribution >= 0.6 is 11.3 Å². The Bertz CT molecular complexity index is 1300.